The maximum atomic E-state index is 6.79. The Kier molecular flexibility index (Phi) is 4.16. The number of hydrogen-bond donors (Lipinski definition) is 0. The standard InChI is InChI=1S/C17H17ClS2/c1-3-11-5-6-12(4-2)13(9-11)17(18)16-10-15-14(20-16)7-8-19-15/h5-10,17H,3-4H2,1-2H3. The fourth-order valence-corrected chi connectivity index (χ4v) is 5.00. The van der Waals surface area contributed by atoms with Gasteiger partial charge in [-0.25, -0.2) is 0 Å². The molecule has 1 unspecified atom stereocenters. The minimum absolute atomic E-state index is 0.0268. The first-order chi connectivity index (χ1) is 9.72. The van der Waals surface area contributed by atoms with Gasteiger partial charge in [-0.05, 0) is 47.0 Å². The molecule has 0 aliphatic heterocycles. The summed E-state index contributed by atoms with van der Waals surface area (Å²) in [6, 6.07) is 11.2. The molecule has 2 heterocycles. The first-order valence-electron chi connectivity index (χ1n) is 6.95. The predicted molar refractivity (Wildman–Crippen MR) is 92.6 cm³/mol. The Morgan fingerprint density at radius 2 is 1.90 bits per heavy atom. The third-order valence-electron chi connectivity index (χ3n) is 3.68. The molecule has 0 saturated carbocycles. The third kappa shape index (κ3) is 2.52. The predicted octanol–water partition coefficient (Wildman–Crippen LogP) is 6.42. The molecule has 104 valence electrons. The molecule has 0 bridgehead atoms. The summed E-state index contributed by atoms with van der Waals surface area (Å²) in [6.07, 6.45) is 2.09. The summed E-state index contributed by atoms with van der Waals surface area (Å²) < 4.78 is 2.70. The molecule has 0 aliphatic rings. The zero-order valence-electron chi connectivity index (χ0n) is 11.7. The van der Waals surface area contributed by atoms with E-state index >= 15 is 0 Å². The Morgan fingerprint density at radius 3 is 2.60 bits per heavy atom. The van der Waals surface area contributed by atoms with Crippen molar-refractivity contribution in [3.8, 4) is 0 Å². The van der Waals surface area contributed by atoms with E-state index in [4.69, 9.17) is 11.6 Å². The molecular formula is C17H17ClS2. The maximum Gasteiger partial charge on any atom is 0.0931 e. The second-order valence-corrected chi connectivity index (χ2v) is 7.40. The number of halogens is 1. The van der Waals surface area contributed by atoms with Crippen LogP contribution >= 0.6 is 34.3 Å². The van der Waals surface area contributed by atoms with Crippen molar-refractivity contribution >= 4 is 43.7 Å². The first kappa shape index (κ1) is 14.1. The summed E-state index contributed by atoms with van der Waals surface area (Å²) in [6.45, 7) is 4.39. The summed E-state index contributed by atoms with van der Waals surface area (Å²) in [5.74, 6) is 0. The number of hydrogen-bond acceptors (Lipinski definition) is 2. The van der Waals surface area contributed by atoms with Crippen molar-refractivity contribution in [1.29, 1.82) is 0 Å². The highest BCUT2D eigenvalue weighted by Crippen LogP contribution is 2.40. The lowest BCUT2D eigenvalue weighted by Crippen LogP contribution is -1.98. The molecule has 0 saturated heterocycles. The van der Waals surface area contributed by atoms with Crippen molar-refractivity contribution < 1.29 is 0 Å². The van der Waals surface area contributed by atoms with Crippen molar-refractivity contribution in [2.45, 2.75) is 32.1 Å². The van der Waals surface area contributed by atoms with Gasteiger partial charge in [-0.3, -0.25) is 0 Å². The molecule has 0 fully saturated rings. The van der Waals surface area contributed by atoms with E-state index in [1.165, 1.54) is 31.0 Å². The maximum absolute atomic E-state index is 6.79. The van der Waals surface area contributed by atoms with E-state index in [9.17, 15) is 0 Å². The third-order valence-corrected chi connectivity index (χ3v) is 6.44. The number of thiophene rings is 2. The van der Waals surface area contributed by atoms with Gasteiger partial charge in [-0.15, -0.1) is 34.3 Å². The molecule has 3 aromatic rings. The van der Waals surface area contributed by atoms with Crippen LogP contribution in [0.3, 0.4) is 0 Å². The molecular weight excluding hydrogens is 304 g/mol. The van der Waals surface area contributed by atoms with Crippen LogP contribution in [0.1, 0.15) is 40.8 Å². The van der Waals surface area contributed by atoms with Crippen LogP contribution in [0.4, 0.5) is 0 Å². The summed E-state index contributed by atoms with van der Waals surface area (Å²) in [5.41, 5.74) is 4.00. The number of fused-ring (bicyclic) bond motifs is 1. The van der Waals surface area contributed by atoms with Crippen LogP contribution < -0.4 is 0 Å². The lowest BCUT2D eigenvalue weighted by atomic mass is 9.97. The molecule has 0 radical (unpaired) electrons. The van der Waals surface area contributed by atoms with Gasteiger partial charge in [0.25, 0.3) is 0 Å². The number of aryl methyl sites for hydroxylation is 2. The van der Waals surface area contributed by atoms with Gasteiger partial charge in [-0.1, -0.05) is 32.0 Å². The number of rotatable bonds is 4. The van der Waals surface area contributed by atoms with Gasteiger partial charge < -0.3 is 0 Å². The molecule has 3 heteroatoms. The summed E-state index contributed by atoms with van der Waals surface area (Å²) in [7, 11) is 0. The number of benzene rings is 1. The quantitative estimate of drug-likeness (QED) is 0.487. The van der Waals surface area contributed by atoms with Gasteiger partial charge in [0, 0.05) is 14.3 Å². The smallest absolute Gasteiger partial charge is 0.0931 e. The fraction of sp³-hybridized carbons (Fsp3) is 0.294. The Labute approximate surface area is 133 Å². The van der Waals surface area contributed by atoms with Crippen LogP contribution in [-0.4, -0.2) is 0 Å². The van der Waals surface area contributed by atoms with Crippen LogP contribution in [0.15, 0.2) is 35.7 Å². The largest absolute Gasteiger partial charge is 0.143 e. The fourth-order valence-electron chi connectivity index (χ4n) is 2.48. The zero-order chi connectivity index (χ0) is 14.1. The van der Waals surface area contributed by atoms with Crippen molar-refractivity contribution in [3.63, 3.8) is 0 Å². The van der Waals surface area contributed by atoms with Gasteiger partial charge >= 0.3 is 0 Å². The molecule has 2 aromatic heterocycles. The molecule has 1 atom stereocenters. The molecule has 1 aromatic carbocycles. The van der Waals surface area contributed by atoms with Crippen LogP contribution in [0.25, 0.3) is 9.40 Å². The van der Waals surface area contributed by atoms with Gasteiger partial charge in [0.15, 0.2) is 0 Å². The minimum atomic E-state index is -0.0268. The molecule has 3 rings (SSSR count). The minimum Gasteiger partial charge on any atom is -0.143 e. The average molecular weight is 321 g/mol. The van der Waals surface area contributed by atoms with Gasteiger partial charge in [-0.2, -0.15) is 0 Å². The SMILES string of the molecule is CCc1ccc(CC)c(C(Cl)c2cc3sccc3s2)c1. The van der Waals surface area contributed by atoms with Crippen LogP contribution in [0.2, 0.25) is 0 Å². The Hall–Kier alpha value is -0.830. The van der Waals surface area contributed by atoms with E-state index in [1.807, 2.05) is 11.3 Å². The van der Waals surface area contributed by atoms with Gasteiger partial charge in [0.05, 0.1) is 5.38 Å². The van der Waals surface area contributed by atoms with Crippen molar-refractivity contribution in [1.82, 2.24) is 0 Å². The Morgan fingerprint density at radius 1 is 1.05 bits per heavy atom. The van der Waals surface area contributed by atoms with E-state index < -0.39 is 0 Å². The summed E-state index contributed by atoms with van der Waals surface area (Å²) in [4.78, 5) is 1.26. The van der Waals surface area contributed by atoms with Crippen LogP contribution in [-0.2, 0) is 12.8 Å². The summed E-state index contributed by atoms with van der Waals surface area (Å²) in [5, 5.41) is 2.12. The highest BCUT2D eigenvalue weighted by Gasteiger charge is 2.17. The lowest BCUT2D eigenvalue weighted by molar-refractivity contribution is 1.03. The lowest BCUT2D eigenvalue weighted by Gasteiger charge is -2.14. The Bertz CT molecular complexity index is 695. The van der Waals surface area contributed by atoms with Gasteiger partial charge in [0.2, 0.25) is 0 Å². The second-order valence-electron chi connectivity index (χ2n) is 4.90. The topological polar surface area (TPSA) is 0 Å². The molecule has 0 spiro atoms. The average Bonchev–Trinajstić information content (AvgIpc) is 3.07. The highest BCUT2D eigenvalue weighted by molar-refractivity contribution is 7.27. The molecule has 0 aliphatic carbocycles. The molecule has 0 N–H and O–H groups in total. The molecule has 0 nitrogen and oxygen atoms in total. The van der Waals surface area contributed by atoms with Gasteiger partial charge in [0.1, 0.15) is 0 Å². The summed E-state index contributed by atoms with van der Waals surface area (Å²) >= 11 is 10.4. The van der Waals surface area contributed by atoms with Crippen molar-refractivity contribution in [2.75, 3.05) is 0 Å². The number of alkyl halides is 1. The van der Waals surface area contributed by atoms with Crippen molar-refractivity contribution in [3.05, 3.63) is 57.3 Å². The normalized spacial score (nSPS) is 12.9. The van der Waals surface area contributed by atoms with E-state index in [0.29, 0.717) is 0 Å². The van der Waals surface area contributed by atoms with E-state index in [0.717, 1.165) is 12.8 Å². The van der Waals surface area contributed by atoms with E-state index in [-0.39, 0.29) is 5.38 Å². The van der Waals surface area contributed by atoms with Crippen LogP contribution in [0.5, 0.6) is 0 Å². The van der Waals surface area contributed by atoms with E-state index in [1.54, 1.807) is 11.3 Å². The second kappa shape index (κ2) is 5.88. The molecule has 20 heavy (non-hydrogen) atoms. The Balaban J connectivity index is 2.04. The monoisotopic (exact) mass is 320 g/mol. The first-order valence-corrected chi connectivity index (χ1v) is 9.08. The molecule has 0 amide bonds. The van der Waals surface area contributed by atoms with E-state index in [2.05, 4.69) is 49.6 Å². The zero-order valence-corrected chi connectivity index (χ0v) is 14.0. The highest BCUT2D eigenvalue weighted by atomic mass is 35.5. The van der Waals surface area contributed by atoms with Crippen LogP contribution in [0, 0.1) is 0 Å². The van der Waals surface area contributed by atoms with Crippen molar-refractivity contribution in [2.24, 2.45) is 0 Å².